The van der Waals surface area contributed by atoms with Crippen molar-refractivity contribution in [2.24, 2.45) is 22.7 Å². The Hall–Kier alpha value is 0.390. The van der Waals surface area contributed by atoms with Gasteiger partial charge in [0.05, 0.1) is 6.10 Å². The second kappa shape index (κ2) is 4.94. The van der Waals surface area contributed by atoms with Crippen LogP contribution in [0.1, 0.15) is 60.8 Å². The molecule has 1 fully saturated rings. The van der Waals surface area contributed by atoms with Crippen molar-refractivity contribution in [1.29, 1.82) is 0 Å². The lowest BCUT2D eigenvalue weighted by Crippen LogP contribution is -2.41. The second-order valence-corrected chi connectivity index (χ2v) is 7.80. The monoisotopic (exact) mass is 244 g/mol. The Labute approximate surface area is 104 Å². The molecule has 0 aromatic heterocycles. The highest BCUT2D eigenvalue weighted by Gasteiger charge is 2.41. The maximum atomic E-state index is 5.61. The van der Waals surface area contributed by atoms with E-state index in [-0.39, 0.29) is 0 Å². The fourth-order valence-electron chi connectivity index (χ4n) is 3.00. The van der Waals surface area contributed by atoms with Gasteiger partial charge in [0.2, 0.25) is 0 Å². The molecular weight excluding hydrogens is 215 g/mol. The molecule has 2 heteroatoms. The Morgan fingerprint density at radius 2 is 1.50 bits per heavy atom. The van der Waals surface area contributed by atoms with E-state index in [1.807, 2.05) is 0 Å². The zero-order chi connectivity index (χ0) is 12.6. The minimum atomic E-state index is 0.352. The molecule has 0 amide bonds. The quantitative estimate of drug-likeness (QED) is 0.609. The minimum Gasteiger partial charge on any atom is -0.362 e. The molecule has 0 saturated heterocycles. The predicted octanol–water partition coefficient (Wildman–Crippen LogP) is 4.67. The molecule has 0 aliphatic heterocycles. The van der Waals surface area contributed by atoms with Crippen LogP contribution in [0.5, 0.6) is 0 Å². The van der Waals surface area contributed by atoms with Gasteiger partial charge in [-0.2, -0.15) is 0 Å². The van der Waals surface area contributed by atoms with Crippen molar-refractivity contribution in [3.05, 3.63) is 0 Å². The van der Waals surface area contributed by atoms with Crippen LogP contribution in [0.2, 0.25) is 0 Å². The molecule has 0 aromatic carbocycles. The smallest absolute Gasteiger partial charge is 0.0644 e. The Kier molecular flexibility index (Phi) is 4.46. The summed E-state index contributed by atoms with van der Waals surface area (Å²) in [7, 11) is 2.47. The van der Waals surface area contributed by atoms with Gasteiger partial charge >= 0.3 is 0 Å². The molecule has 1 aliphatic carbocycles. The van der Waals surface area contributed by atoms with E-state index in [1.54, 1.807) is 0 Å². The molecule has 0 bridgehead atoms. The highest BCUT2D eigenvalue weighted by atomic mass is 31.0. The average Bonchev–Trinajstić information content (AvgIpc) is 2.14. The summed E-state index contributed by atoms with van der Waals surface area (Å²) < 4.78 is 5.61. The summed E-state index contributed by atoms with van der Waals surface area (Å²) in [6, 6.07) is 0. The zero-order valence-corrected chi connectivity index (χ0v) is 13.0. The highest BCUT2D eigenvalue weighted by Crippen LogP contribution is 2.47. The van der Waals surface area contributed by atoms with Crippen LogP contribution in [-0.4, -0.2) is 6.10 Å². The van der Waals surface area contributed by atoms with Crippen LogP contribution < -0.4 is 0 Å². The standard InChI is InChI=1S/C14H29OP/c1-13(2,3)10-7-8-12(15-16)11(9-10)14(4,5)6/h10-12H,7-9,16H2,1-6H3. The first-order valence-corrected chi connectivity index (χ1v) is 6.99. The van der Waals surface area contributed by atoms with E-state index in [0.29, 0.717) is 22.9 Å². The van der Waals surface area contributed by atoms with E-state index in [4.69, 9.17) is 4.52 Å². The van der Waals surface area contributed by atoms with Crippen molar-refractivity contribution in [2.75, 3.05) is 0 Å². The van der Waals surface area contributed by atoms with Crippen LogP contribution in [0.4, 0.5) is 0 Å². The largest absolute Gasteiger partial charge is 0.362 e. The fraction of sp³-hybridized carbons (Fsp3) is 1.00. The third-order valence-corrected chi connectivity index (χ3v) is 4.65. The van der Waals surface area contributed by atoms with Crippen molar-refractivity contribution in [3.8, 4) is 0 Å². The second-order valence-electron chi connectivity index (χ2n) is 7.52. The Bertz CT molecular complexity index is 224. The molecule has 1 aliphatic rings. The summed E-state index contributed by atoms with van der Waals surface area (Å²) in [4.78, 5) is 0. The maximum Gasteiger partial charge on any atom is 0.0644 e. The van der Waals surface area contributed by atoms with Crippen LogP contribution in [0.25, 0.3) is 0 Å². The van der Waals surface area contributed by atoms with E-state index in [9.17, 15) is 0 Å². The predicted molar refractivity (Wildman–Crippen MR) is 74.3 cm³/mol. The molecule has 1 saturated carbocycles. The molecule has 4 atom stereocenters. The van der Waals surface area contributed by atoms with Gasteiger partial charge in [-0.15, -0.1) is 0 Å². The van der Waals surface area contributed by atoms with Crippen LogP contribution in [0, 0.1) is 22.7 Å². The molecule has 0 aromatic rings. The van der Waals surface area contributed by atoms with Gasteiger partial charge in [-0.1, -0.05) is 41.5 Å². The molecular formula is C14H29OP. The molecule has 0 spiro atoms. The van der Waals surface area contributed by atoms with Crippen LogP contribution >= 0.6 is 9.47 Å². The van der Waals surface area contributed by atoms with Gasteiger partial charge in [0, 0.05) is 9.47 Å². The van der Waals surface area contributed by atoms with Gasteiger partial charge in [0.15, 0.2) is 0 Å². The van der Waals surface area contributed by atoms with Crippen molar-refractivity contribution in [3.63, 3.8) is 0 Å². The summed E-state index contributed by atoms with van der Waals surface area (Å²) >= 11 is 0. The van der Waals surface area contributed by atoms with Crippen molar-refractivity contribution in [1.82, 2.24) is 0 Å². The molecule has 0 heterocycles. The highest BCUT2D eigenvalue weighted by molar-refractivity contribution is 7.09. The lowest BCUT2D eigenvalue weighted by molar-refractivity contribution is -0.00656. The van der Waals surface area contributed by atoms with Gasteiger partial charge in [-0.3, -0.25) is 0 Å². The average molecular weight is 244 g/mol. The third kappa shape index (κ3) is 3.44. The van der Waals surface area contributed by atoms with Crippen molar-refractivity contribution < 1.29 is 4.52 Å². The number of hydrogen-bond donors (Lipinski definition) is 0. The van der Waals surface area contributed by atoms with Crippen LogP contribution in [-0.2, 0) is 4.52 Å². The Morgan fingerprint density at radius 3 is 1.88 bits per heavy atom. The molecule has 96 valence electrons. The summed E-state index contributed by atoms with van der Waals surface area (Å²) in [5.41, 5.74) is 0.792. The lowest BCUT2D eigenvalue weighted by Gasteiger charge is -2.46. The maximum absolute atomic E-state index is 5.61. The topological polar surface area (TPSA) is 9.23 Å². The summed E-state index contributed by atoms with van der Waals surface area (Å²) in [6.45, 7) is 14.2. The first kappa shape index (κ1) is 14.5. The van der Waals surface area contributed by atoms with Gasteiger partial charge in [0.1, 0.15) is 0 Å². The molecule has 1 nitrogen and oxygen atoms in total. The van der Waals surface area contributed by atoms with Gasteiger partial charge < -0.3 is 4.52 Å². The van der Waals surface area contributed by atoms with Crippen LogP contribution in [0.15, 0.2) is 0 Å². The molecule has 16 heavy (non-hydrogen) atoms. The molecule has 1 rings (SSSR count). The van der Waals surface area contributed by atoms with E-state index in [0.717, 1.165) is 5.92 Å². The summed E-state index contributed by atoms with van der Waals surface area (Å²) in [5, 5.41) is 0. The lowest BCUT2D eigenvalue weighted by atomic mass is 9.62. The van der Waals surface area contributed by atoms with E-state index < -0.39 is 0 Å². The number of rotatable bonds is 1. The Balaban J connectivity index is 2.78. The number of hydrogen-bond acceptors (Lipinski definition) is 1. The van der Waals surface area contributed by atoms with E-state index >= 15 is 0 Å². The van der Waals surface area contributed by atoms with Gasteiger partial charge in [-0.25, -0.2) is 0 Å². The first-order chi connectivity index (χ1) is 7.16. The third-order valence-electron chi connectivity index (χ3n) is 4.30. The Morgan fingerprint density at radius 1 is 0.938 bits per heavy atom. The van der Waals surface area contributed by atoms with Gasteiger partial charge in [-0.05, 0) is 41.9 Å². The summed E-state index contributed by atoms with van der Waals surface area (Å²) in [5.74, 6) is 1.52. The van der Waals surface area contributed by atoms with E-state index in [2.05, 4.69) is 51.0 Å². The summed E-state index contributed by atoms with van der Waals surface area (Å²) in [6.07, 6.45) is 4.28. The van der Waals surface area contributed by atoms with Crippen LogP contribution in [0.3, 0.4) is 0 Å². The fourth-order valence-corrected chi connectivity index (χ4v) is 3.33. The van der Waals surface area contributed by atoms with Crippen molar-refractivity contribution >= 4 is 9.47 Å². The van der Waals surface area contributed by atoms with Crippen molar-refractivity contribution in [2.45, 2.75) is 66.9 Å². The zero-order valence-electron chi connectivity index (χ0n) is 11.8. The molecule has 0 radical (unpaired) electrons. The van der Waals surface area contributed by atoms with E-state index in [1.165, 1.54) is 19.3 Å². The minimum absolute atomic E-state index is 0.352. The molecule has 4 unspecified atom stereocenters. The van der Waals surface area contributed by atoms with Gasteiger partial charge in [0.25, 0.3) is 0 Å². The SMILES string of the molecule is CC(C)(C)C1CCC(OP)C(C(C)(C)C)C1. The molecule has 0 N–H and O–H groups in total. The first-order valence-electron chi connectivity index (χ1n) is 6.52. The normalized spacial score (nSPS) is 32.8.